The molecular formula is C18H17FN2O5S2. The summed E-state index contributed by atoms with van der Waals surface area (Å²) in [6.45, 7) is 1.62. The van der Waals surface area contributed by atoms with Crippen LogP contribution in [0.5, 0.6) is 5.75 Å². The van der Waals surface area contributed by atoms with Gasteiger partial charge in [0.2, 0.25) is 4.80 Å². The summed E-state index contributed by atoms with van der Waals surface area (Å²) in [6, 6.07) is 9.74. The van der Waals surface area contributed by atoms with Crippen molar-refractivity contribution in [3.63, 3.8) is 0 Å². The van der Waals surface area contributed by atoms with E-state index in [1.54, 1.807) is 6.92 Å². The molecular weight excluding hydrogens is 407 g/mol. The van der Waals surface area contributed by atoms with Crippen LogP contribution < -0.4 is 9.54 Å². The van der Waals surface area contributed by atoms with Gasteiger partial charge in [0, 0.05) is 0 Å². The lowest BCUT2D eigenvalue weighted by Gasteiger charge is -2.05. The van der Waals surface area contributed by atoms with Crippen LogP contribution in [0.25, 0.3) is 10.2 Å². The quantitative estimate of drug-likeness (QED) is 0.568. The molecule has 0 amide bonds. The Morgan fingerprint density at radius 2 is 1.93 bits per heavy atom. The number of hydrogen-bond acceptors (Lipinski definition) is 6. The normalized spacial score (nSPS) is 12.3. The van der Waals surface area contributed by atoms with E-state index >= 15 is 0 Å². The van der Waals surface area contributed by atoms with Crippen molar-refractivity contribution >= 4 is 37.5 Å². The zero-order chi connectivity index (χ0) is 20.3. The van der Waals surface area contributed by atoms with Gasteiger partial charge in [-0.1, -0.05) is 11.3 Å². The van der Waals surface area contributed by atoms with E-state index in [0.717, 1.165) is 11.3 Å². The van der Waals surface area contributed by atoms with Gasteiger partial charge in [-0.2, -0.15) is 8.42 Å². The highest BCUT2D eigenvalue weighted by Crippen LogP contribution is 2.21. The molecule has 2 aromatic carbocycles. The van der Waals surface area contributed by atoms with E-state index in [-0.39, 0.29) is 22.8 Å². The van der Waals surface area contributed by atoms with E-state index in [1.165, 1.54) is 54.1 Å². The van der Waals surface area contributed by atoms with Crippen LogP contribution in [0.1, 0.15) is 6.92 Å². The topological polar surface area (TPSA) is 87.0 Å². The molecule has 0 unspecified atom stereocenters. The van der Waals surface area contributed by atoms with Crippen molar-refractivity contribution in [2.75, 3.05) is 13.7 Å². The Labute approximate surface area is 164 Å². The fourth-order valence-electron chi connectivity index (χ4n) is 2.51. The number of benzene rings is 2. The lowest BCUT2D eigenvalue weighted by molar-refractivity contribution is -0.143. The van der Waals surface area contributed by atoms with Crippen molar-refractivity contribution in [2.24, 2.45) is 4.40 Å². The standard InChI is InChI=1S/C18H17FN2O5S2/c1-3-26-17(22)11-21-15-9-4-12(19)10-16(15)27-18(21)20-28(23,24)14-7-5-13(25-2)6-8-14/h4-10H,3,11H2,1-2H3. The number of ether oxygens (including phenoxy) is 2. The van der Waals surface area contributed by atoms with Gasteiger partial charge < -0.3 is 14.0 Å². The van der Waals surface area contributed by atoms with E-state index in [4.69, 9.17) is 9.47 Å². The molecule has 0 spiro atoms. The van der Waals surface area contributed by atoms with Gasteiger partial charge >= 0.3 is 5.97 Å². The van der Waals surface area contributed by atoms with Gasteiger partial charge in [0.25, 0.3) is 10.0 Å². The Bertz CT molecular complexity index is 1180. The Hall–Kier alpha value is -2.72. The van der Waals surface area contributed by atoms with E-state index < -0.39 is 21.8 Å². The third-order valence-electron chi connectivity index (χ3n) is 3.79. The zero-order valence-corrected chi connectivity index (χ0v) is 16.7. The number of halogens is 1. The summed E-state index contributed by atoms with van der Waals surface area (Å²) in [6.07, 6.45) is 0. The number of carbonyl (C=O) groups is 1. The van der Waals surface area contributed by atoms with Gasteiger partial charge in [-0.3, -0.25) is 4.79 Å². The van der Waals surface area contributed by atoms with Crippen molar-refractivity contribution in [1.29, 1.82) is 0 Å². The second-order valence-electron chi connectivity index (χ2n) is 5.63. The number of nitrogens with zero attached hydrogens (tertiary/aromatic N) is 2. The average molecular weight is 424 g/mol. The van der Waals surface area contributed by atoms with E-state index in [1.807, 2.05) is 0 Å². The van der Waals surface area contributed by atoms with Gasteiger partial charge in [-0.15, -0.1) is 4.40 Å². The van der Waals surface area contributed by atoms with Gasteiger partial charge in [-0.05, 0) is 49.4 Å². The maximum absolute atomic E-state index is 13.6. The summed E-state index contributed by atoms with van der Waals surface area (Å²) in [5.41, 5.74) is 0.489. The molecule has 0 aliphatic carbocycles. The molecule has 1 aromatic heterocycles. The SMILES string of the molecule is CCOC(=O)Cn1c(=NS(=O)(=O)c2ccc(OC)cc2)sc2cc(F)ccc21. The Kier molecular flexibility index (Phi) is 5.80. The summed E-state index contributed by atoms with van der Waals surface area (Å²) in [4.78, 5) is 12.0. The first kappa shape index (κ1) is 20.0. The molecule has 0 radical (unpaired) electrons. The number of fused-ring (bicyclic) bond motifs is 1. The number of hydrogen-bond donors (Lipinski definition) is 0. The fraction of sp³-hybridized carbons (Fsp3) is 0.222. The summed E-state index contributed by atoms with van der Waals surface area (Å²) < 4.78 is 54.7. The maximum atomic E-state index is 13.6. The van der Waals surface area contributed by atoms with Gasteiger partial charge in [0.1, 0.15) is 18.1 Å². The predicted molar refractivity (Wildman–Crippen MR) is 102 cm³/mol. The minimum atomic E-state index is -4.05. The number of rotatable bonds is 6. The van der Waals surface area contributed by atoms with Crippen LogP contribution in [0.15, 0.2) is 51.8 Å². The summed E-state index contributed by atoms with van der Waals surface area (Å²) in [5.74, 6) is -0.509. The lowest BCUT2D eigenvalue weighted by atomic mass is 10.3. The van der Waals surface area contributed by atoms with Crippen LogP contribution in [0.4, 0.5) is 4.39 Å². The second kappa shape index (κ2) is 8.11. The van der Waals surface area contributed by atoms with Gasteiger partial charge in [0.05, 0.1) is 28.8 Å². The van der Waals surface area contributed by atoms with Gasteiger partial charge in [-0.25, -0.2) is 4.39 Å². The third-order valence-corrected chi connectivity index (χ3v) is 6.23. The summed E-state index contributed by atoms with van der Waals surface area (Å²) in [5, 5.41) is 0. The molecule has 0 saturated heterocycles. The Morgan fingerprint density at radius 1 is 1.21 bits per heavy atom. The van der Waals surface area contributed by atoms with Crippen molar-refractivity contribution < 1.29 is 27.1 Å². The van der Waals surface area contributed by atoms with E-state index in [2.05, 4.69) is 4.40 Å². The Balaban J connectivity index is 2.15. The first-order chi connectivity index (χ1) is 13.3. The third kappa shape index (κ3) is 4.23. The average Bonchev–Trinajstić information content (AvgIpc) is 2.97. The molecule has 3 aromatic rings. The molecule has 7 nitrogen and oxygen atoms in total. The highest BCUT2D eigenvalue weighted by molar-refractivity contribution is 7.90. The minimum Gasteiger partial charge on any atom is -0.497 e. The van der Waals surface area contributed by atoms with Crippen LogP contribution in [0.3, 0.4) is 0 Å². The summed E-state index contributed by atoms with van der Waals surface area (Å²) in [7, 11) is -2.58. The first-order valence-corrected chi connectivity index (χ1v) is 10.5. The molecule has 0 aliphatic heterocycles. The smallest absolute Gasteiger partial charge is 0.326 e. The molecule has 0 N–H and O–H groups in total. The van der Waals surface area contributed by atoms with E-state index in [9.17, 15) is 17.6 Å². The number of sulfonamides is 1. The minimum absolute atomic E-state index is 0.0281. The monoisotopic (exact) mass is 424 g/mol. The van der Waals surface area contributed by atoms with Gasteiger partial charge in [0.15, 0.2) is 0 Å². The molecule has 0 fully saturated rings. The largest absolute Gasteiger partial charge is 0.497 e. The first-order valence-electron chi connectivity index (χ1n) is 8.23. The van der Waals surface area contributed by atoms with Crippen LogP contribution in [-0.4, -0.2) is 32.7 Å². The fourth-order valence-corrected chi connectivity index (χ4v) is 4.77. The molecule has 10 heteroatoms. The Morgan fingerprint density at radius 3 is 2.57 bits per heavy atom. The highest BCUT2D eigenvalue weighted by atomic mass is 32.2. The molecule has 0 aliphatic rings. The highest BCUT2D eigenvalue weighted by Gasteiger charge is 2.17. The van der Waals surface area contributed by atoms with Crippen molar-refractivity contribution in [3.8, 4) is 5.75 Å². The molecule has 148 valence electrons. The van der Waals surface area contributed by atoms with Crippen molar-refractivity contribution in [3.05, 3.63) is 53.1 Å². The van der Waals surface area contributed by atoms with E-state index in [0.29, 0.717) is 16.0 Å². The van der Waals surface area contributed by atoms with Crippen LogP contribution in [-0.2, 0) is 26.1 Å². The molecule has 3 rings (SSSR count). The number of aromatic nitrogens is 1. The predicted octanol–water partition coefficient (Wildman–Crippen LogP) is 2.70. The van der Waals surface area contributed by atoms with Crippen LogP contribution >= 0.6 is 11.3 Å². The lowest BCUT2D eigenvalue weighted by Crippen LogP contribution is -2.23. The molecule has 1 heterocycles. The molecule has 28 heavy (non-hydrogen) atoms. The molecule has 0 atom stereocenters. The number of thiazole rings is 1. The molecule has 0 bridgehead atoms. The van der Waals surface area contributed by atoms with Crippen molar-refractivity contribution in [1.82, 2.24) is 4.57 Å². The molecule has 0 saturated carbocycles. The zero-order valence-electron chi connectivity index (χ0n) is 15.1. The second-order valence-corrected chi connectivity index (χ2v) is 8.24. The number of esters is 1. The van der Waals surface area contributed by atoms with Crippen LogP contribution in [0, 0.1) is 5.82 Å². The van der Waals surface area contributed by atoms with Crippen molar-refractivity contribution in [2.45, 2.75) is 18.4 Å². The summed E-state index contributed by atoms with van der Waals surface area (Å²) >= 11 is 0.972. The number of methoxy groups -OCH3 is 1. The maximum Gasteiger partial charge on any atom is 0.326 e. The van der Waals surface area contributed by atoms with Crippen LogP contribution in [0.2, 0.25) is 0 Å². The number of carbonyl (C=O) groups excluding carboxylic acids is 1.